The van der Waals surface area contributed by atoms with Gasteiger partial charge in [-0.05, 0) is 144 Å². The number of rotatable bonds is 4. The van der Waals surface area contributed by atoms with E-state index < -0.39 is 0 Å². The van der Waals surface area contributed by atoms with E-state index in [-0.39, 0.29) is 61.1 Å². The summed E-state index contributed by atoms with van der Waals surface area (Å²) >= 11 is 0. The number of halogens is 2. The largest absolute Gasteiger partial charge is 2.00 e. The van der Waals surface area contributed by atoms with E-state index in [2.05, 4.69) is 41.5 Å². The van der Waals surface area contributed by atoms with E-state index in [0.29, 0.717) is 10.3 Å². The van der Waals surface area contributed by atoms with Crippen LogP contribution in [0.5, 0.6) is 0 Å². The van der Waals surface area contributed by atoms with Gasteiger partial charge >= 0.3 is 20.4 Å². The van der Waals surface area contributed by atoms with Gasteiger partial charge in [0.05, 0.1) is 32.9 Å². The van der Waals surface area contributed by atoms with Crippen LogP contribution in [0.2, 0.25) is 0 Å². The molecule has 0 heterocycles. The third-order valence-corrected chi connectivity index (χ3v) is 19.2. The average Bonchev–Trinajstić information content (AvgIpc) is 2.81. The summed E-state index contributed by atoms with van der Waals surface area (Å²) in [4.78, 5) is 0. The van der Waals surface area contributed by atoms with Crippen molar-refractivity contribution in [1.29, 1.82) is 0 Å². The Morgan fingerprint density at radius 2 is 0.514 bits per heavy atom. The molecule has 4 rings (SSSR count). The molecule has 224 valence electrons. The quantitative estimate of drug-likeness (QED) is 0.277. The summed E-state index contributed by atoms with van der Waals surface area (Å²) in [6.45, 7) is 15.3. The predicted molar refractivity (Wildman–Crippen MR) is 164 cm³/mol. The van der Waals surface area contributed by atoms with Crippen LogP contribution in [0.3, 0.4) is 0 Å². The zero-order valence-electron chi connectivity index (χ0n) is 25.5. The van der Waals surface area contributed by atoms with Gasteiger partial charge in [-0.25, -0.2) is 0 Å². The third-order valence-electron chi connectivity index (χ3n) is 9.91. The van der Waals surface area contributed by atoms with Crippen molar-refractivity contribution in [3.63, 3.8) is 0 Å². The van der Waals surface area contributed by atoms with Crippen LogP contribution in [0, 0.1) is 0 Å². The van der Waals surface area contributed by atoms with Crippen molar-refractivity contribution in [3.8, 4) is 0 Å². The Kier molecular flexibility index (Phi) is 20.4. The number of hydrogen-bond donors (Lipinski definition) is 0. The maximum absolute atomic E-state index is 2.55. The summed E-state index contributed by atoms with van der Waals surface area (Å²) in [6, 6.07) is 0. The average molecular weight is 688 g/mol. The van der Waals surface area contributed by atoms with Crippen LogP contribution in [0.15, 0.2) is 0 Å². The van der Waals surface area contributed by atoms with Gasteiger partial charge in [-0.2, -0.15) is 0 Å². The molecule has 0 radical (unpaired) electrons. The standard InChI is InChI=1S/2C16H31P.2ClH.Pd/c2*1-16(2,3)17(14-10-6-4-7-11-14)15-12-8-5-9-13-15;;;/h2*14-15H,4-13H2,1-3H3;2*1H;/q;;;;+2. The maximum atomic E-state index is 2.55. The molecule has 4 fully saturated rings. The minimum Gasteiger partial charge on any atom is -1.00 e. The smallest absolute Gasteiger partial charge is 1.00 e. The van der Waals surface area contributed by atoms with Crippen molar-refractivity contribution < 1.29 is 45.2 Å². The molecule has 0 aliphatic heterocycles. The van der Waals surface area contributed by atoms with Crippen LogP contribution < -0.4 is 24.8 Å². The van der Waals surface area contributed by atoms with Gasteiger partial charge in [-0.15, -0.1) is 0 Å². The van der Waals surface area contributed by atoms with Gasteiger partial charge in [-0.1, -0.05) is 25.7 Å². The SMILES string of the molecule is CC(C)(C)[PH+](C1CCCCC1)C1CCCCC1.CC(C)(C)[PH+](C1CCCCC1)C1CCCCC1.[Cl-].[Cl-].[Pd+2]. The Balaban J connectivity index is 0.000000648. The second-order valence-electron chi connectivity index (χ2n) is 14.8. The summed E-state index contributed by atoms with van der Waals surface area (Å²) < 4.78 is 0. The summed E-state index contributed by atoms with van der Waals surface area (Å²) in [5, 5.41) is 1.27. The van der Waals surface area contributed by atoms with Crippen molar-refractivity contribution in [2.24, 2.45) is 0 Å². The molecule has 4 saturated carbocycles. The minimum atomic E-state index is -0.161. The van der Waals surface area contributed by atoms with E-state index in [4.69, 9.17) is 0 Å². The normalized spacial score (nSPS) is 23.4. The van der Waals surface area contributed by atoms with E-state index in [1.165, 1.54) is 77.0 Å². The van der Waals surface area contributed by atoms with Gasteiger partial charge in [-0.3, -0.25) is 0 Å². The molecule has 0 aromatic carbocycles. The molecule has 0 atom stereocenters. The fraction of sp³-hybridized carbons (Fsp3) is 1.00. The van der Waals surface area contributed by atoms with Crippen molar-refractivity contribution in [2.45, 2.75) is 203 Å². The fourth-order valence-electron chi connectivity index (χ4n) is 8.77. The van der Waals surface area contributed by atoms with Crippen LogP contribution in [-0.4, -0.2) is 32.9 Å². The Morgan fingerprint density at radius 3 is 0.649 bits per heavy atom. The van der Waals surface area contributed by atoms with Crippen molar-refractivity contribution in [1.82, 2.24) is 0 Å². The van der Waals surface area contributed by atoms with E-state index in [9.17, 15) is 0 Å². The summed E-state index contributed by atoms with van der Waals surface area (Å²) in [6.07, 6.45) is 30.9. The third kappa shape index (κ3) is 12.9. The monoisotopic (exact) mass is 686 g/mol. The van der Waals surface area contributed by atoms with Gasteiger partial charge in [0.15, 0.2) is 0 Å². The first-order valence-corrected chi connectivity index (χ1v) is 19.2. The van der Waals surface area contributed by atoms with E-state index in [0.717, 1.165) is 22.6 Å². The molecule has 0 unspecified atom stereocenters. The molecule has 4 aliphatic carbocycles. The van der Waals surface area contributed by atoms with Crippen LogP contribution in [0.25, 0.3) is 0 Å². The van der Waals surface area contributed by atoms with Gasteiger partial charge in [0.25, 0.3) is 0 Å². The van der Waals surface area contributed by atoms with Crippen molar-refractivity contribution >= 4 is 15.8 Å². The fourth-order valence-corrected chi connectivity index (χ4v) is 19.1. The van der Waals surface area contributed by atoms with Gasteiger partial charge in [0, 0.05) is 15.8 Å². The van der Waals surface area contributed by atoms with Crippen molar-refractivity contribution in [2.75, 3.05) is 0 Å². The zero-order valence-corrected chi connectivity index (χ0v) is 30.6. The molecule has 0 aromatic heterocycles. The van der Waals surface area contributed by atoms with Crippen LogP contribution in [-0.2, 0) is 20.4 Å². The first-order chi connectivity index (χ1) is 16.2. The Morgan fingerprint density at radius 1 is 0.351 bits per heavy atom. The van der Waals surface area contributed by atoms with E-state index >= 15 is 0 Å². The Labute approximate surface area is 262 Å². The van der Waals surface area contributed by atoms with E-state index in [1.54, 1.807) is 51.4 Å². The first-order valence-electron chi connectivity index (χ1n) is 15.9. The molecule has 0 spiro atoms. The molecule has 0 saturated heterocycles. The molecular weight excluding hydrogens is 624 g/mol. The number of hydrogen-bond acceptors (Lipinski definition) is 0. The van der Waals surface area contributed by atoms with Gasteiger partial charge in [0.1, 0.15) is 0 Å². The first kappa shape index (κ1) is 39.1. The molecule has 0 nitrogen and oxygen atoms in total. The Hall–Kier alpha value is 2.10. The summed E-state index contributed by atoms with van der Waals surface area (Å²) in [5.41, 5.74) is 4.60. The van der Waals surface area contributed by atoms with Gasteiger partial charge < -0.3 is 24.8 Å². The zero-order chi connectivity index (χ0) is 24.6. The molecule has 0 aromatic rings. The summed E-state index contributed by atoms with van der Waals surface area (Å²) in [7, 11) is -0.323. The van der Waals surface area contributed by atoms with Crippen LogP contribution >= 0.6 is 15.8 Å². The van der Waals surface area contributed by atoms with Crippen LogP contribution in [0.1, 0.15) is 170 Å². The van der Waals surface area contributed by atoms with Crippen molar-refractivity contribution in [3.05, 3.63) is 0 Å². The Bertz CT molecular complexity index is 464. The molecule has 37 heavy (non-hydrogen) atoms. The van der Waals surface area contributed by atoms with Crippen LogP contribution in [0.4, 0.5) is 0 Å². The summed E-state index contributed by atoms with van der Waals surface area (Å²) in [5.74, 6) is 0. The minimum absolute atomic E-state index is 0. The molecular formula is C32H64Cl2P2Pd+2. The maximum Gasteiger partial charge on any atom is 2.00 e. The van der Waals surface area contributed by atoms with Gasteiger partial charge in [0.2, 0.25) is 0 Å². The molecule has 0 bridgehead atoms. The molecule has 5 heteroatoms. The second kappa shape index (κ2) is 19.3. The molecule has 0 amide bonds. The molecule has 4 aliphatic rings. The molecule has 0 N–H and O–H groups in total. The van der Waals surface area contributed by atoms with E-state index in [1.807, 2.05) is 0 Å². The second-order valence-corrected chi connectivity index (χ2v) is 22.8. The predicted octanol–water partition coefficient (Wildman–Crippen LogP) is 5.33. The topological polar surface area (TPSA) is 0 Å².